The third kappa shape index (κ3) is 11.1. The molecule has 0 radical (unpaired) electrons. The van der Waals surface area contributed by atoms with Crippen LogP contribution in [-0.4, -0.2) is 63.8 Å². The number of methoxy groups -OCH3 is 1. The number of ether oxygens (including phenoxy) is 3. The average Bonchev–Trinajstić information content (AvgIpc) is 3.15. The van der Waals surface area contributed by atoms with Gasteiger partial charge in [-0.25, -0.2) is 19.9 Å². The van der Waals surface area contributed by atoms with Gasteiger partial charge in [-0.2, -0.15) is 0 Å². The zero-order chi connectivity index (χ0) is 40.1. The van der Waals surface area contributed by atoms with Crippen molar-refractivity contribution >= 4 is 34.2 Å². The van der Waals surface area contributed by atoms with Crippen LogP contribution in [0, 0.1) is 10.8 Å². The van der Waals surface area contributed by atoms with Gasteiger partial charge in [0.15, 0.2) is 0 Å². The maximum atomic E-state index is 8.36. The van der Waals surface area contributed by atoms with Gasteiger partial charge in [0.05, 0.1) is 77.0 Å². The van der Waals surface area contributed by atoms with E-state index in [1.165, 1.54) is 0 Å². The van der Waals surface area contributed by atoms with E-state index in [1.54, 1.807) is 39.4 Å². The van der Waals surface area contributed by atoms with E-state index in [0.29, 0.717) is 77.1 Å². The molecule has 0 atom stereocenters. The summed E-state index contributed by atoms with van der Waals surface area (Å²) in [6.45, 7) is 17.1. The molecule has 0 bridgehead atoms. The van der Waals surface area contributed by atoms with E-state index in [4.69, 9.17) is 35.7 Å². The minimum atomic E-state index is 0.180. The van der Waals surface area contributed by atoms with Gasteiger partial charge in [-0.05, 0) is 109 Å². The second-order valence-corrected chi connectivity index (χ2v) is 13.2. The molecule has 55 heavy (non-hydrogen) atoms. The molecule has 0 amide bonds. The van der Waals surface area contributed by atoms with Crippen LogP contribution in [0.25, 0.3) is 22.5 Å². The molecule has 0 aliphatic rings. The van der Waals surface area contributed by atoms with E-state index in [0.717, 1.165) is 33.8 Å². The average molecular weight is 747 g/mol. The van der Waals surface area contributed by atoms with Crippen LogP contribution in [0.3, 0.4) is 0 Å². The summed E-state index contributed by atoms with van der Waals surface area (Å²) in [5.41, 5.74) is 15.0. The third-order valence-electron chi connectivity index (χ3n) is 7.94. The van der Waals surface area contributed by atoms with Crippen molar-refractivity contribution in [3.63, 3.8) is 0 Å². The molecular formula is C42H54N10O3. The van der Waals surface area contributed by atoms with Crippen LogP contribution >= 0.6 is 0 Å². The number of rotatable bonds is 16. The van der Waals surface area contributed by atoms with Crippen molar-refractivity contribution in [3.05, 3.63) is 90.0 Å². The maximum Gasteiger partial charge on any atom is 0.222 e. The predicted octanol–water partition coefficient (Wildman–Crippen LogP) is 8.70. The summed E-state index contributed by atoms with van der Waals surface area (Å²) in [4.78, 5) is 18.0. The van der Waals surface area contributed by atoms with Gasteiger partial charge in [0.25, 0.3) is 0 Å². The minimum absolute atomic E-state index is 0.180. The number of nitrogens with zero attached hydrogens (tertiary/aromatic N) is 4. The van der Waals surface area contributed by atoms with E-state index in [9.17, 15) is 0 Å². The van der Waals surface area contributed by atoms with E-state index in [-0.39, 0.29) is 12.1 Å². The van der Waals surface area contributed by atoms with E-state index in [2.05, 4.69) is 44.7 Å². The Labute approximate surface area is 324 Å². The molecule has 0 saturated heterocycles. The van der Waals surface area contributed by atoms with Gasteiger partial charge < -0.3 is 46.7 Å². The summed E-state index contributed by atoms with van der Waals surface area (Å²) in [6, 6.07) is 19.6. The second-order valence-electron chi connectivity index (χ2n) is 13.2. The molecular weight excluding hydrogens is 693 g/mol. The Bertz CT molecular complexity index is 2070. The molecule has 290 valence electrons. The van der Waals surface area contributed by atoms with Crippen molar-refractivity contribution in [2.24, 2.45) is 0 Å². The standard InChI is InChI=1S/C25H31N5O2.C17H23N5O/c1-6-32-25-20(8-7-13-27-25)21-14-22(24(29-16(2)3)23(30-21)17(4)26)28-15-18-9-11-19(31-5)12-10-18;1-5-23-17-12(7-6-8-20-17)14-9-13(19)16(21-10(2)3)15(22-14)11(4)18/h7-14,16,26,29H,6,15H2,1-5H3,(H,28,30);6-10,18,21H,5H2,1-4H3,(H2,19,22). The number of hydrogen-bond donors (Lipinski definition) is 6. The fourth-order valence-corrected chi connectivity index (χ4v) is 5.56. The number of nitrogens with two attached hydrogens (primary N) is 1. The van der Waals surface area contributed by atoms with Gasteiger partial charge in [-0.15, -0.1) is 0 Å². The van der Waals surface area contributed by atoms with Crippen LogP contribution in [0.5, 0.6) is 17.5 Å². The van der Waals surface area contributed by atoms with Crippen molar-refractivity contribution in [3.8, 4) is 40.0 Å². The summed E-state index contributed by atoms with van der Waals surface area (Å²) >= 11 is 0. The Morgan fingerprint density at radius 1 is 0.727 bits per heavy atom. The third-order valence-corrected chi connectivity index (χ3v) is 7.94. The normalized spacial score (nSPS) is 10.7. The first-order valence-electron chi connectivity index (χ1n) is 18.4. The van der Waals surface area contributed by atoms with Crippen molar-refractivity contribution < 1.29 is 14.2 Å². The molecule has 0 spiro atoms. The van der Waals surface area contributed by atoms with Gasteiger partial charge >= 0.3 is 0 Å². The van der Waals surface area contributed by atoms with Crippen LogP contribution in [0.15, 0.2) is 73.1 Å². The van der Waals surface area contributed by atoms with E-state index < -0.39 is 0 Å². The SMILES string of the molecule is CCOc1ncccc1-c1cc(N)c(NC(C)C)c(C(C)=N)n1.CCOc1ncccc1-c1cc(NCc2ccc(OC)cc2)c(NC(C)C)c(C(C)=N)n1. The molecule has 0 saturated carbocycles. The molecule has 4 heterocycles. The van der Waals surface area contributed by atoms with Gasteiger partial charge in [0.1, 0.15) is 17.1 Å². The minimum Gasteiger partial charge on any atom is -0.497 e. The molecule has 0 fully saturated rings. The largest absolute Gasteiger partial charge is 0.497 e. The first-order valence-corrected chi connectivity index (χ1v) is 18.4. The highest BCUT2D eigenvalue weighted by Gasteiger charge is 2.20. The molecule has 0 aliphatic heterocycles. The molecule has 0 aliphatic carbocycles. The predicted molar refractivity (Wildman–Crippen MR) is 225 cm³/mol. The molecule has 5 aromatic rings. The lowest BCUT2D eigenvalue weighted by Gasteiger charge is -2.21. The van der Waals surface area contributed by atoms with E-state index in [1.807, 2.05) is 82.3 Å². The zero-order valence-electron chi connectivity index (χ0n) is 33.3. The lowest BCUT2D eigenvalue weighted by molar-refractivity contribution is 0.328. The van der Waals surface area contributed by atoms with Crippen LogP contribution in [0.2, 0.25) is 0 Å². The summed E-state index contributed by atoms with van der Waals surface area (Å²) in [5, 5.41) is 26.6. The van der Waals surface area contributed by atoms with Crippen molar-refractivity contribution in [2.45, 2.75) is 74.0 Å². The Hall–Kier alpha value is -6.24. The molecule has 0 unspecified atom stereocenters. The van der Waals surface area contributed by atoms with Crippen LogP contribution in [-0.2, 0) is 6.54 Å². The number of hydrogen-bond acceptors (Lipinski definition) is 13. The summed E-state index contributed by atoms with van der Waals surface area (Å²) in [6.07, 6.45) is 3.38. The Balaban J connectivity index is 0.000000258. The van der Waals surface area contributed by atoms with Gasteiger partial charge in [-0.3, -0.25) is 0 Å². The Kier molecular flexibility index (Phi) is 14.9. The molecule has 1 aromatic carbocycles. The lowest BCUT2D eigenvalue weighted by Crippen LogP contribution is -2.17. The number of pyridine rings is 4. The van der Waals surface area contributed by atoms with Crippen LogP contribution in [0.1, 0.15) is 72.3 Å². The van der Waals surface area contributed by atoms with Crippen LogP contribution < -0.4 is 35.9 Å². The topological polar surface area (TPSA) is 189 Å². The van der Waals surface area contributed by atoms with Gasteiger partial charge in [-0.1, -0.05) is 12.1 Å². The van der Waals surface area contributed by atoms with Crippen molar-refractivity contribution in [1.29, 1.82) is 10.8 Å². The molecule has 4 aromatic heterocycles. The number of nitrogens with one attached hydrogen (secondary N) is 5. The quantitative estimate of drug-likeness (QED) is 0.0530. The fraction of sp³-hybridized carbons (Fsp3) is 0.333. The zero-order valence-corrected chi connectivity index (χ0v) is 33.3. The Morgan fingerprint density at radius 3 is 1.69 bits per heavy atom. The molecule has 13 nitrogen and oxygen atoms in total. The van der Waals surface area contributed by atoms with Crippen molar-refractivity contribution in [1.82, 2.24) is 19.9 Å². The fourth-order valence-electron chi connectivity index (χ4n) is 5.56. The van der Waals surface area contributed by atoms with Crippen LogP contribution in [0.4, 0.5) is 22.7 Å². The molecule has 7 N–H and O–H groups in total. The van der Waals surface area contributed by atoms with Crippen molar-refractivity contribution in [2.75, 3.05) is 42.0 Å². The summed E-state index contributed by atoms with van der Waals surface area (Å²) in [7, 11) is 1.66. The summed E-state index contributed by atoms with van der Waals surface area (Å²) < 4.78 is 16.5. The highest BCUT2D eigenvalue weighted by Crippen LogP contribution is 2.35. The number of anilines is 4. The smallest absolute Gasteiger partial charge is 0.222 e. The van der Waals surface area contributed by atoms with Gasteiger partial charge in [0, 0.05) is 31.0 Å². The number of nitrogen functional groups attached to an aromatic ring is 1. The monoisotopic (exact) mass is 746 g/mol. The van der Waals surface area contributed by atoms with E-state index >= 15 is 0 Å². The summed E-state index contributed by atoms with van der Waals surface area (Å²) in [5.74, 6) is 1.87. The molecule has 5 rings (SSSR count). The van der Waals surface area contributed by atoms with Gasteiger partial charge in [0.2, 0.25) is 11.8 Å². The number of aromatic nitrogens is 4. The Morgan fingerprint density at radius 2 is 1.22 bits per heavy atom. The lowest BCUT2D eigenvalue weighted by atomic mass is 10.1. The number of benzene rings is 1. The highest BCUT2D eigenvalue weighted by atomic mass is 16.5. The first kappa shape index (κ1) is 41.5. The second kappa shape index (κ2) is 19.7. The highest BCUT2D eigenvalue weighted by molar-refractivity contribution is 6.04. The maximum absolute atomic E-state index is 8.36. The first-order chi connectivity index (χ1) is 26.4. The molecule has 13 heteroatoms.